The maximum Gasteiger partial charge on any atom is 0.173 e. The topological polar surface area (TPSA) is 37.0 Å². The molecule has 27 heavy (non-hydrogen) atoms. The van der Waals surface area contributed by atoms with Crippen molar-refractivity contribution in [2.45, 2.75) is 6.54 Å². The van der Waals surface area contributed by atoms with Gasteiger partial charge in [-0.15, -0.1) is 0 Å². The minimum absolute atomic E-state index is 0.702. The van der Waals surface area contributed by atoms with E-state index >= 15 is 0 Å². The van der Waals surface area contributed by atoms with E-state index in [2.05, 4.69) is 27.2 Å². The van der Waals surface area contributed by atoms with Crippen LogP contribution in [-0.4, -0.2) is 55.3 Å². The van der Waals surface area contributed by atoms with Crippen LogP contribution in [0, 0.1) is 0 Å². The smallest absolute Gasteiger partial charge is 0.173 e. The Morgan fingerprint density at radius 3 is 2.37 bits per heavy atom. The SMILES string of the molecule is COc1ccc(OC)c(NC(=S)N2CCN(Cc3ccc(Cl)cc3)CC2)c1. The lowest BCUT2D eigenvalue weighted by Gasteiger charge is -2.36. The van der Waals surface area contributed by atoms with Crippen molar-refractivity contribution in [1.29, 1.82) is 0 Å². The van der Waals surface area contributed by atoms with Gasteiger partial charge in [0.2, 0.25) is 0 Å². The summed E-state index contributed by atoms with van der Waals surface area (Å²) in [6.45, 7) is 4.60. The zero-order chi connectivity index (χ0) is 19.2. The van der Waals surface area contributed by atoms with Gasteiger partial charge in [0.25, 0.3) is 0 Å². The van der Waals surface area contributed by atoms with Gasteiger partial charge in [-0.05, 0) is 42.0 Å². The van der Waals surface area contributed by atoms with Crippen molar-refractivity contribution in [2.24, 2.45) is 0 Å². The molecule has 2 aromatic carbocycles. The normalized spacial score (nSPS) is 14.7. The van der Waals surface area contributed by atoms with Gasteiger partial charge in [-0.25, -0.2) is 0 Å². The highest BCUT2D eigenvalue weighted by Crippen LogP contribution is 2.29. The van der Waals surface area contributed by atoms with Crippen molar-refractivity contribution in [3.63, 3.8) is 0 Å². The molecule has 5 nitrogen and oxygen atoms in total. The monoisotopic (exact) mass is 405 g/mol. The Morgan fingerprint density at radius 2 is 1.74 bits per heavy atom. The summed E-state index contributed by atoms with van der Waals surface area (Å²) in [5.41, 5.74) is 2.08. The molecule has 1 fully saturated rings. The number of ether oxygens (including phenoxy) is 2. The first kappa shape index (κ1) is 19.7. The number of rotatable bonds is 5. The van der Waals surface area contributed by atoms with E-state index in [0.29, 0.717) is 5.11 Å². The van der Waals surface area contributed by atoms with Crippen molar-refractivity contribution in [3.05, 3.63) is 53.1 Å². The number of halogens is 1. The Balaban J connectivity index is 1.55. The van der Waals surface area contributed by atoms with Crippen LogP contribution >= 0.6 is 23.8 Å². The molecule has 0 radical (unpaired) electrons. The molecule has 1 saturated heterocycles. The van der Waals surface area contributed by atoms with Crippen LogP contribution in [0.3, 0.4) is 0 Å². The molecular weight excluding hydrogens is 382 g/mol. The summed E-state index contributed by atoms with van der Waals surface area (Å²) in [4.78, 5) is 4.61. The van der Waals surface area contributed by atoms with Gasteiger partial charge in [0.1, 0.15) is 11.5 Å². The highest BCUT2D eigenvalue weighted by atomic mass is 35.5. The molecule has 3 rings (SSSR count). The molecule has 0 aromatic heterocycles. The summed E-state index contributed by atoms with van der Waals surface area (Å²) in [5, 5.41) is 4.77. The highest BCUT2D eigenvalue weighted by Gasteiger charge is 2.20. The Morgan fingerprint density at radius 1 is 1.04 bits per heavy atom. The van der Waals surface area contributed by atoms with E-state index in [1.54, 1.807) is 14.2 Å². The summed E-state index contributed by atoms with van der Waals surface area (Å²) in [6, 6.07) is 13.7. The van der Waals surface area contributed by atoms with Gasteiger partial charge in [-0.2, -0.15) is 0 Å². The molecule has 0 bridgehead atoms. The molecule has 0 unspecified atom stereocenters. The van der Waals surface area contributed by atoms with Gasteiger partial charge in [0.15, 0.2) is 5.11 Å². The van der Waals surface area contributed by atoms with Crippen LogP contribution in [0.4, 0.5) is 5.69 Å². The Bertz CT molecular complexity index is 777. The highest BCUT2D eigenvalue weighted by molar-refractivity contribution is 7.80. The van der Waals surface area contributed by atoms with Crippen molar-refractivity contribution < 1.29 is 9.47 Å². The standard InChI is InChI=1S/C20H24ClN3O2S/c1-25-17-7-8-19(26-2)18(13-17)22-20(27)24-11-9-23(10-12-24)14-15-3-5-16(21)6-4-15/h3-8,13H,9-12,14H2,1-2H3,(H,22,27). The van der Waals surface area contributed by atoms with Gasteiger partial charge in [-0.1, -0.05) is 23.7 Å². The minimum Gasteiger partial charge on any atom is -0.497 e. The van der Waals surface area contributed by atoms with Crippen LogP contribution in [0.1, 0.15) is 5.56 Å². The number of hydrogen-bond acceptors (Lipinski definition) is 4. The fourth-order valence-electron chi connectivity index (χ4n) is 3.06. The van der Waals surface area contributed by atoms with Crippen molar-refractivity contribution in [3.8, 4) is 11.5 Å². The summed E-state index contributed by atoms with van der Waals surface area (Å²) < 4.78 is 10.7. The van der Waals surface area contributed by atoms with E-state index in [9.17, 15) is 0 Å². The van der Waals surface area contributed by atoms with Gasteiger partial charge in [0.05, 0.1) is 19.9 Å². The van der Waals surface area contributed by atoms with E-state index in [1.807, 2.05) is 30.3 Å². The van der Waals surface area contributed by atoms with Crippen LogP contribution in [-0.2, 0) is 6.54 Å². The lowest BCUT2D eigenvalue weighted by atomic mass is 10.2. The number of hydrogen-bond donors (Lipinski definition) is 1. The number of methoxy groups -OCH3 is 2. The largest absolute Gasteiger partial charge is 0.497 e. The first-order valence-corrected chi connectivity index (χ1v) is 9.62. The van der Waals surface area contributed by atoms with E-state index < -0.39 is 0 Å². The Kier molecular flexibility index (Phi) is 6.77. The van der Waals surface area contributed by atoms with E-state index in [4.69, 9.17) is 33.3 Å². The predicted molar refractivity (Wildman–Crippen MR) is 114 cm³/mol. The Hall–Kier alpha value is -2.02. The fourth-order valence-corrected chi connectivity index (χ4v) is 3.48. The number of piperazine rings is 1. The average molecular weight is 406 g/mol. The second kappa shape index (κ2) is 9.26. The number of benzene rings is 2. The van der Waals surface area contributed by atoms with E-state index in [-0.39, 0.29) is 0 Å². The molecule has 0 aliphatic carbocycles. The molecule has 0 spiro atoms. The molecule has 0 amide bonds. The predicted octanol–water partition coefficient (Wildman–Crippen LogP) is 3.87. The van der Waals surface area contributed by atoms with Crippen molar-refractivity contribution in [1.82, 2.24) is 9.80 Å². The van der Waals surface area contributed by atoms with Crippen LogP contribution in [0.2, 0.25) is 5.02 Å². The fraction of sp³-hybridized carbons (Fsp3) is 0.350. The van der Waals surface area contributed by atoms with Crippen molar-refractivity contribution >= 4 is 34.6 Å². The molecule has 2 aromatic rings. The summed E-state index contributed by atoms with van der Waals surface area (Å²) in [6.07, 6.45) is 0. The summed E-state index contributed by atoms with van der Waals surface area (Å²) >= 11 is 11.6. The molecule has 0 atom stereocenters. The van der Waals surface area contributed by atoms with Gasteiger partial charge in [0, 0.05) is 43.8 Å². The van der Waals surface area contributed by atoms with Gasteiger partial charge >= 0.3 is 0 Å². The van der Waals surface area contributed by atoms with Crippen LogP contribution in [0.25, 0.3) is 0 Å². The molecule has 144 valence electrons. The van der Waals surface area contributed by atoms with Gasteiger partial charge in [-0.3, -0.25) is 4.90 Å². The zero-order valence-corrected chi connectivity index (χ0v) is 17.1. The lowest BCUT2D eigenvalue weighted by Crippen LogP contribution is -2.49. The third-order valence-electron chi connectivity index (χ3n) is 4.63. The zero-order valence-electron chi connectivity index (χ0n) is 15.6. The quantitative estimate of drug-likeness (QED) is 0.761. The van der Waals surface area contributed by atoms with E-state index in [0.717, 1.165) is 54.9 Å². The van der Waals surface area contributed by atoms with Crippen LogP contribution < -0.4 is 14.8 Å². The molecule has 0 saturated carbocycles. The molecule has 1 N–H and O–H groups in total. The third kappa shape index (κ3) is 5.25. The maximum atomic E-state index is 5.96. The average Bonchev–Trinajstić information content (AvgIpc) is 2.70. The first-order chi connectivity index (χ1) is 13.1. The molecule has 1 heterocycles. The number of nitrogens with zero attached hydrogens (tertiary/aromatic N) is 2. The lowest BCUT2D eigenvalue weighted by molar-refractivity contribution is 0.177. The van der Waals surface area contributed by atoms with Crippen molar-refractivity contribution in [2.75, 3.05) is 45.7 Å². The van der Waals surface area contributed by atoms with E-state index in [1.165, 1.54) is 5.56 Å². The minimum atomic E-state index is 0.702. The first-order valence-electron chi connectivity index (χ1n) is 8.84. The Labute approximate surface area is 170 Å². The number of anilines is 1. The van der Waals surface area contributed by atoms with Crippen LogP contribution in [0.5, 0.6) is 11.5 Å². The van der Waals surface area contributed by atoms with Crippen LogP contribution in [0.15, 0.2) is 42.5 Å². The molecule has 1 aliphatic heterocycles. The summed E-state index contributed by atoms with van der Waals surface area (Å²) in [7, 11) is 3.29. The maximum absolute atomic E-state index is 5.96. The number of thiocarbonyl (C=S) groups is 1. The third-order valence-corrected chi connectivity index (χ3v) is 5.24. The summed E-state index contributed by atoms with van der Waals surface area (Å²) in [5.74, 6) is 1.49. The second-order valence-corrected chi connectivity index (χ2v) is 7.21. The molecule has 1 aliphatic rings. The number of nitrogens with one attached hydrogen (secondary N) is 1. The van der Waals surface area contributed by atoms with Gasteiger partial charge < -0.3 is 19.7 Å². The molecule has 7 heteroatoms. The molecular formula is C20H24ClN3O2S. The second-order valence-electron chi connectivity index (χ2n) is 6.39.